The fourth-order valence-corrected chi connectivity index (χ4v) is 3.03. The zero-order chi connectivity index (χ0) is 17.1. The Labute approximate surface area is 140 Å². The molecule has 2 amide bonds. The van der Waals surface area contributed by atoms with Crippen molar-refractivity contribution < 1.29 is 13.7 Å². The second-order valence-corrected chi connectivity index (χ2v) is 6.21. The highest BCUT2D eigenvalue weighted by Crippen LogP contribution is 2.32. The second-order valence-electron chi connectivity index (χ2n) is 6.21. The zero-order valence-electron chi connectivity index (χ0n) is 14.0. The molecule has 1 aliphatic heterocycles. The minimum Gasteiger partial charge on any atom is -0.361 e. The van der Waals surface area contributed by atoms with E-state index in [9.17, 15) is 9.18 Å². The van der Waals surface area contributed by atoms with Gasteiger partial charge in [-0.25, -0.2) is 9.18 Å². The van der Waals surface area contributed by atoms with Crippen LogP contribution in [0.5, 0.6) is 0 Å². The van der Waals surface area contributed by atoms with Gasteiger partial charge in [-0.05, 0) is 43.9 Å². The molecule has 0 unspecified atom stereocenters. The number of hydrogen-bond donors (Lipinski definition) is 1. The van der Waals surface area contributed by atoms with Gasteiger partial charge < -0.3 is 14.7 Å². The van der Waals surface area contributed by atoms with Crippen molar-refractivity contribution >= 4 is 11.7 Å². The summed E-state index contributed by atoms with van der Waals surface area (Å²) in [7, 11) is 0. The number of carbonyl (C=O) groups is 1. The highest BCUT2D eigenvalue weighted by molar-refractivity contribution is 5.89. The highest BCUT2D eigenvalue weighted by atomic mass is 19.1. The normalized spacial score (nSPS) is 17.3. The minimum absolute atomic E-state index is 0.0883. The van der Waals surface area contributed by atoms with Crippen LogP contribution in [-0.4, -0.2) is 22.6 Å². The van der Waals surface area contributed by atoms with Gasteiger partial charge in [-0.2, -0.15) is 0 Å². The van der Waals surface area contributed by atoms with Crippen LogP contribution >= 0.6 is 0 Å². The van der Waals surface area contributed by atoms with Crippen molar-refractivity contribution in [2.75, 3.05) is 11.9 Å². The van der Waals surface area contributed by atoms with Crippen LogP contribution in [0.2, 0.25) is 0 Å². The molecule has 1 saturated heterocycles. The Hall–Kier alpha value is -2.37. The molecule has 1 aromatic heterocycles. The van der Waals surface area contributed by atoms with E-state index in [1.165, 1.54) is 6.07 Å². The number of aromatic nitrogens is 1. The number of anilines is 1. The fourth-order valence-electron chi connectivity index (χ4n) is 3.03. The number of amides is 2. The molecule has 0 spiro atoms. The third kappa shape index (κ3) is 3.42. The molecular formula is C18H22FN3O2. The van der Waals surface area contributed by atoms with Crippen molar-refractivity contribution in [1.82, 2.24) is 10.1 Å². The van der Waals surface area contributed by atoms with Gasteiger partial charge in [0.05, 0.1) is 6.04 Å². The number of nitrogens with one attached hydrogen (secondary N) is 1. The Morgan fingerprint density at radius 2 is 2.29 bits per heavy atom. The van der Waals surface area contributed by atoms with E-state index in [2.05, 4.69) is 17.4 Å². The molecule has 0 saturated carbocycles. The molecule has 2 aromatic rings. The van der Waals surface area contributed by atoms with E-state index in [1.807, 2.05) is 6.07 Å². The molecule has 5 nitrogen and oxygen atoms in total. The van der Waals surface area contributed by atoms with Gasteiger partial charge >= 0.3 is 6.03 Å². The first-order valence-electron chi connectivity index (χ1n) is 8.37. The van der Waals surface area contributed by atoms with Gasteiger partial charge in [0.1, 0.15) is 17.3 Å². The van der Waals surface area contributed by atoms with E-state index in [0.717, 1.165) is 37.1 Å². The lowest BCUT2D eigenvalue weighted by atomic mass is 10.1. The van der Waals surface area contributed by atoms with Crippen molar-refractivity contribution in [1.29, 1.82) is 0 Å². The van der Waals surface area contributed by atoms with E-state index in [0.29, 0.717) is 17.8 Å². The summed E-state index contributed by atoms with van der Waals surface area (Å²) in [6.45, 7) is 4.43. The van der Waals surface area contributed by atoms with Crippen LogP contribution in [0.3, 0.4) is 0 Å². The molecule has 0 radical (unpaired) electrons. The van der Waals surface area contributed by atoms with Crippen molar-refractivity contribution in [2.24, 2.45) is 0 Å². The van der Waals surface area contributed by atoms with Crippen LogP contribution in [-0.2, 0) is 6.42 Å². The summed E-state index contributed by atoms with van der Waals surface area (Å²) in [4.78, 5) is 14.3. The van der Waals surface area contributed by atoms with Gasteiger partial charge in [-0.3, -0.25) is 0 Å². The Bertz CT molecular complexity index is 729. The highest BCUT2D eigenvalue weighted by Gasteiger charge is 2.32. The van der Waals surface area contributed by atoms with Crippen LogP contribution in [0, 0.1) is 12.7 Å². The van der Waals surface area contributed by atoms with Crippen molar-refractivity contribution in [3.05, 3.63) is 47.1 Å². The summed E-state index contributed by atoms with van der Waals surface area (Å²) >= 11 is 0. The lowest BCUT2D eigenvalue weighted by Crippen LogP contribution is -2.34. The molecule has 6 heteroatoms. The van der Waals surface area contributed by atoms with E-state index in [4.69, 9.17) is 4.52 Å². The van der Waals surface area contributed by atoms with Crippen LogP contribution in [0.4, 0.5) is 14.9 Å². The molecule has 24 heavy (non-hydrogen) atoms. The van der Waals surface area contributed by atoms with Crippen LogP contribution < -0.4 is 5.32 Å². The van der Waals surface area contributed by atoms with Gasteiger partial charge in [-0.1, -0.05) is 18.1 Å². The molecule has 1 N–H and O–H groups in total. The monoisotopic (exact) mass is 331 g/mol. The number of likely N-dealkylation sites (tertiary alicyclic amines) is 1. The summed E-state index contributed by atoms with van der Waals surface area (Å²) in [5, 5.41) is 6.90. The van der Waals surface area contributed by atoms with Crippen LogP contribution in [0.15, 0.2) is 28.8 Å². The van der Waals surface area contributed by atoms with Crippen molar-refractivity contribution in [2.45, 2.75) is 45.6 Å². The first-order chi connectivity index (χ1) is 11.6. The topological polar surface area (TPSA) is 58.4 Å². The average molecular weight is 331 g/mol. The average Bonchev–Trinajstić information content (AvgIpc) is 3.20. The minimum atomic E-state index is -0.327. The number of halogens is 1. The summed E-state index contributed by atoms with van der Waals surface area (Å²) in [5.41, 5.74) is 1.81. The summed E-state index contributed by atoms with van der Waals surface area (Å²) in [5.74, 6) is 0.520. The third-order valence-electron chi connectivity index (χ3n) is 4.35. The van der Waals surface area contributed by atoms with Crippen LogP contribution in [0.25, 0.3) is 0 Å². The molecular weight excluding hydrogens is 309 g/mol. The van der Waals surface area contributed by atoms with Crippen LogP contribution in [0.1, 0.15) is 49.2 Å². The molecule has 0 bridgehead atoms. The molecule has 1 atom stereocenters. The standard InChI is InChI=1S/C18H22FN3O2/c1-3-5-14-11-16(21-24-14)17-6-4-9-22(17)18(23)20-13-8-7-12(2)15(19)10-13/h7-8,10-11,17H,3-6,9H2,1-2H3,(H,20,23)/t17-/m0/s1. The maximum Gasteiger partial charge on any atom is 0.322 e. The predicted molar refractivity (Wildman–Crippen MR) is 89.3 cm³/mol. The Morgan fingerprint density at radius 3 is 3.04 bits per heavy atom. The zero-order valence-corrected chi connectivity index (χ0v) is 14.0. The maximum absolute atomic E-state index is 13.6. The fraction of sp³-hybridized carbons (Fsp3) is 0.444. The molecule has 1 fully saturated rings. The maximum atomic E-state index is 13.6. The van der Waals surface area contributed by atoms with Crippen molar-refractivity contribution in [3.63, 3.8) is 0 Å². The molecule has 2 heterocycles. The lowest BCUT2D eigenvalue weighted by molar-refractivity contribution is 0.204. The summed E-state index contributed by atoms with van der Waals surface area (Å²) in [6.07, 6.45) is 3.60. The largest absolute Gasteiger partial charge is 0.361 e. The van der Waals surface area contributed by atoms with Gasteiger partial charge in [0.2, 0.25) is 0 Å². The number of aryl methyl sites for hydroxylation is 2. The first-order valence-corrected chi connectivity index (χ1v) is 8.37. The third-order valence-corrected chi connectivity index (χ3v) is 4.35. The Morgan fingerprint density at radius 1 is 1.46 bits per heavy atom. The van der Waals surface area contributed by atoms with Gasteiger partial charge in [0.25, 0.3) is 0 Å². The smallest absolute Gasteiger partial charge is 0.322 e. The molecule has 128 valence electrons. The van der Waals surface area contributed by atoms with E-state index >= 15 is 0 Å². The number of urea groups is 1. The second kappa shape index (κ2) is 7.03. The van der Waals surface area contributed by atoms with Gasteiger partial charge in [0, 0.05) is 24.7 Å². The first kappa shape index (κ1) is 16.5. The van der Waals surface area contributed by atoms with E-state index in [1.54, 1.807) is 24.0 Å². The summed E-state index contributed by atoms with van der Waals surface area (Å²) < 4.78 is 19.0. The summed E-state index contributed by atoms with van der Waals surface area (Å²) in [6, 6.07) is 6.31. The Kier molecular flexibility index (Phi) is 4.83. The number of benzene rings is 1. The number of rotatable bonds is 4. The number of hydrogen-bond acceptors (Lipinski definition) is 3. The lowest BCUT2D eigenvalue weighted by Gasteiger charge is -2.23. The number of nitrogens with zero attached hydrogens (tertiary/aromatic N) is 2. The van der Waals surface area contributed by atoms with Gasteiger partial charge in [0.15, 0.2) is 0 Å². The van der Waals surface area contributed by atoms with E-state index in [-0.39, 0.29) is 17.9 Å². The molecule has 1 aromatic carbocycles. The molecule has 1 aliphatic rings. The van der Waals surface area contributed by atoms with Gasteiger partial charge in [-0.15, -0.1) is 0 Å². The number of carbonyl (C=O) groups excluding carboxylic acids is 1. The molecule has 3 rings (SSSR count). The van der Waals surface area contributed by atoms with E-state index < -0.39 is 0 Å². The Balaban J connectivity index is 1.71. The predicted octanol–water partition coefficient (Wildman–Crippen LogP) is 4.44. The molecule has 0 aliphatic carbocycles. The quantitative estimate of drug-likeness (QED) is 0.901. The SMILES string of the molecule is CCCc1cc([C@@H]2CCCN2C(=O)Nc2ccc(C)c(F)c2)no1. The van der Waals surface area contributed by atoms with Crippen molar-refractivity contribution in [3.8, 4) is 0 Å².